The first-order valence-corrected chi connectivity index (χ1v) is 9.10. The molecule has 0 atom stereocenters. The highest BCUT2D eigenvalue weighted by molar-refractivity contribution is 5.87. The van der Waals surface area contributed by atoms with E-state index in [2.05, 4.69) is 21.7 Å². The normalized spacial score (nSPS) is 15.8. The fourth-order valence-corrected chi connectivity index (χ4v) is 3.49. The van der Waals surface area contributed by atoms with Gasteiger partial charge in [0.05, 0.1) is 35.5 Å². The highest BCUT2D eigenvalue weighted by Gasteiger charge is 2.19. The van der Waals surface area contributed by atoms with E-state index in [1.165, 1.54) is 6.08 Å². The van der Waals surface area contributed by atoms with Crippen LogP contribution < -0.4 is 0 Å². The number of hydrogen-bond acceptors (Lipinski definition) is 5. The van der Waals surface area contributed by atoms with E-state index in [9.17, 15) is 4.79 Å². The Morgan fingerprint density at radius 1 is 1.22 bits per heavy atom. The summed E-state index contributed by atoms with van der Waals surface area (Å²) in [6.07, 6.45) is 9.82. The Labute approximate surface area is 157 Å². The van der Waals surface area contributed by atoms with Crippen molar-refractivity contribution >= 4 is 11.4 Å². The number of carbonyl (C=O) groups excluding carboxylic acids is 1. The van der Waals surface area contributed by atoms with Crippen molar-refractivity contribution < 1.29 is 4.79 Å². The van der Waals surface area contributed by atoms with Crippen LogP contribution in [0.5, 0.6) is 0 Å². The van der Waals surface area contributed by atoms with E-state index in [0.29, 0.717) is 6.54 Å². The summed E-state index contributed by atoms with van der Waals surface area (Å²) in [4.78, 5) is 21.0. The van der Waals surface area contributed by atoms with Crippen molar-refractivity contribution in [1.82, 2.24) is 34.2 Å². The summed E-state index contributed by atoms with van der Waals surface area (Å²) in [5.74, 6) is 0.00623. The van der Waals surface area contributed by atoms with Crippen LogP contribution in [-0.2, 0) is 18.4 Å². The minimum atomic E-state index is 0.00623. The van der Waals surface area contributed by atoms with Gasteiger partial charge in [0.1, 0.15) is 0 Å². The van der Waals surface area contributed by atoms with Gasteiger partial charge in [0.25, 0.3) is 0 Å². The topological polar surface area (TPSA) is 71.6 Å². The summed E-state index contributed by atoms with van der Waals surface area (Å²) in [5.41, 5.74) is 3.81. The van der Waals surface area contributed by atoms with Gasteiger partial charge in [-0.3, -0.25) is 14.4 Å². The van der Waals surface area contributed by atoms with Gasteiger partial charge in [0.2, 0.25) is 5.91 Å². The van der Waals surface area contributed by atoms with Gasteiger partial charge in [0, 0.05) is 51.5 Å². The van der Waals surface area contributed by atoms with Crippen LogP contribution >= 0.6 is 0 Å². The molecule has 1 fully saturated rings. The third-order valence-corrected chi connectivity index (χ3v) is 4.91. The molecule has 0 spiro atoms. The maximum absolute atomic E-state index is 11.9. The first-order valence-electron chi connectivity index (χ1n) is 9.10. The summed E-state index contributed by atoms with van der Waals surface area (Å²) in [5, 5.41) is 8.64. The Bertz CT molecular complexity index is 974. The molecule has 27 heavy (non-hydrogen) atoms. The Hall–Kier alpha value is -3.00. The quantitative estimate of drug-likeness (QED) is 0.653. The predicted molar refractivity (Wildman–Crippen MR) is 102 cm³/mol. The molecule has 1 amide bonds. The predicted octanol–water partition coefficient (Wildman–Crippen LogP) is 1.35. The van der Waals surface area contributed by atoms with Crippen LogP contribution in [0.1, 0.15) is 12.1 Å². The molecular formula is C19H23N7O. The minimum Gasteiger partial charge on any atom is -0.338 e. The number of aromatic nitrogens is 5. The summed E-state index contributed by atoms with van der Waals surface area (Å²) in [6, 6.07) is 1.99. The molecule has 0 N–H and O–H groups in total. The number of aryl methyl sites for hydroxylation is 1. The first-order chi connectivity index (χ1) is 13.1. The number of nitrogens with zero attached hydrogens (tertiary/aromatic N) is 7. The lowest BCUT2D eigenvalue weighted by Gasteiger charge is -2.21. The lowest BCUT2D eigenvalue weighted by atomic mass is 10.2. The minimum absolute atomic E-state index is 0.00623. The maximum atomic E-state index is 11.9. The van der Waals surface area contributed by atoms with Crippen molar-refractivity contribution in [2.75, 3.05) is 26.2 Å². The molecule has 1 saturated heterocycles. The average molecular weight is 365 g/mol. The number of amides is 1. The molecular weight excluding hydrogens is 342 g/mol. The van der Waals surface area contributed by atoms with Crippen LogP contribution in [0, 0.1) is 0 Å². The van der Waals surface area contributed by atoms with E-state index in [1.54, 1.807) is 10.9 Å². The molecule has 0 unspecified atom stereocenters. The van der Waals surface area contributed by atoms with Crippen LogP contribution in [0.4, 0.5) is 0 Å². The van der Waals surface area contributed by atoms with Gasteiger partial charge in [-0.05, 0) is 18.6 Å². The van der Waals surface area contributed by atoms with E-state index in [0.717, 1.165) is 55.1 Å². The standard InChI is InChI=1S/C19H23N7O/c1-3-19(27)25-8-4-7-24(9-10-25)13-17-18-5-6-20-26(18)14-16(22-17)15-11-21-23(2)12-15/h3,5-6,11-12,14H,1,4,7-10,13H2,2H3. The lowest BCUT2D eigenvalue weighted by molar-refractivity contribution is -0.125. The van der Waals surface area contributed by atoms with E-state index in [4.69, 9.17) is 4.98 Å². The fraction of sp³-hybridized carbons (Fsp3) is 0.368. The van der Waals surface area contributed by atoms with Gasteiger partial charge in [0.15, 0.2) is 0 Å². The highest BCUT2D eigenvalue weighted by Crippen LogP contribution is 2.20. The van der Waals surface area contributed by atoms with E-state index < -0.39 is 0 Å². The van der Waals surface area contributed by atoms with Crippen molar-refractivity contribution in [1.29, 1.82) is 0 Å². The molecule has 8 nitrogen and oxygen atoms in total. The maximum Gasteiger partial charge on any atom is 0.245 e. The molecule has 0 aromatic carbocycles. The molecule has 4 heterocycles. The zero-order valence-electron chi connectivity index (χ0n) is 15.5. The molecule has 1 aliphatic rings. The van der Waals surface area contributed by atoms with Crippen LogP contribution in [0.3, 0.4) is 0 Å². The van der Waals surface area contributed by atoms with Crippen LogP contribution in [0.25, 0.3) is 16.8 Å². The van der Waals surface area contributed by atoms with Crippen molar-refractivity contribution in [2.45, 2.75) is 13.0 Å². The van der Waals surface area contributed by atoms with Gasteiger partial charge in [-0.1, -0.05) is 6.58 Å². The van der Waals surface area contributed by atoms with Crippen molar-refractivity contribution in [3.63, 3.8) is 0 Å². The van der Waals surface area contributed by atoms with Crippen molar-refractivity contribution in [3.8, 4) is 11.3 Å². The second-order valence-electron chi connectivity index (χ2n) is 6.80. The number of hydrogen-bond donors (Lipinski definition) is 0. The summed E-state index contributed by atoms with van der Waals surface area (Å²) < 4.78 is 3.64. The molecule has 140 valence electrons. The Kier molecular flexibility index (Phi) is 4.72. The summed E-state index contributed by atoms with van der Waals surface area (Å²) in [6.45, 7) is 7.54. The van der Waals surface area contributed by atoms with Gasteiger partial charge >= 0.3 is 0 Å². The molecule has 3 aromatic heterocycles. The third-order valence-electron chi connectivity index (χ3n) is 4.91. The Balaban J connectivity index is 1.59. The number of rotatable bonds is 4. The summed E-state index contributed by atoms with van der Waals surface area (Å²) in [7, 11) is 1.89. The van der Waals surface area contributed by atoms with Crippen LogP contribution in [0.15, 0.2) is 43.5 Å². The lowest BCUT2D eigenvalue weighted by Crippen LogP contribution is -2.34. The highest BCUT2D eigenvalue weighted by atomic mass is 16.2. The van der Waals surface area contributed by atoms with Gasteiger partial charge in [-0.15, -0.1) is 0 Å². The monoisotopic (exact) mass is 365 g/mol. The molecule has 0 radical (unpaired) electrons. The smallest absolute Gasteiger partial charge is 0.245 e. The van der Waals surface area contributed by atoms with Gasteiger partial charge in [-0.2, -0.15) is 10.2 Å². The molecule has 0 bridgehead atoms. The fourth-order valence-electron chi connectivity index (χ4n) is 3.49. The summed E-state index contributed by atoms with van der Waals surface area (Å²) >= 11 is 0. The molecule has 1 aliphatic heterocycles. The average Bonchev–Trinajstić information content (AvgIpc) is 3.26. The Morgan fingerprint density at radius 2 is 2.11 bits per heavy atom. The van der Waals surface area contributed by atoms with E-state index in [1.807, 2.05) is 41.1 Å². The van der Waals surface area contributed by atoms with Gasteiger partial charge < -0.3 is 4.90 Å². The van der Waals surface area contributed by atoms with E-state index in [-0.39, 0.29) is 5.91 Å². The third kappa shape index (κ3) is 3.61. The second kappa shape index (κ2) is 7.32. The number of carbonyl (C=O) groups is 1. The van der Waals surface area contributed by atoms with E-state index >= 15 is 0 Å². The van der Waals surface area contributed by atoms with Gasteiger partial charge in [-0.25, -0.2) is 9.50 Å². The zero-order valence-corrected chi connectivity index (χ0v) is 15.5. The molecule has 4 rings (SSSR count). The second-order valence-corrected chi connectivity index (χ2v) is 6.80. The zero-order chi connectivity index (χ0) is 18.8. The van der Waals surface area contributed by atoms with Crippen molar-refractivity contribution in [3.05, 3.63) is 49.2 Å². The SMILES string of the molecule is C=CC(=O)N1CCCN(Cc2nc(-c3cnn(C)c3)cn3nccc23)CC1. The van der Waals surface area contributed by atoms with Crippen LogP contribution in [-0.4, -0.2) is 66.3 Å². The number of fused-ring (bicyclic) bond motifs is 1. The molecule has 0 aliphatic carbocycles. The van der Waals surface area contributed by atoms with Crippen molar-refractivity contribution in [2.24, 2.45) is 7.05 Å². The molecule has 8 heteroatoms. The Morgan fingerprint density at radius 3 is 2.89 bits per heavy atom. The molecule has 0 saturated carbocycles. The first kappa shape index (κ1) is 17.4. The largest absolute Gasteiger partial charge is 0.338 e. The van der Waals surface area contributed by atoms with Crippen LogP contribution in [0.2, 0.25) is 0 Å². The molecule has 3 aromatic rings.